The predicted molar refractivity (Wildman–Crippen MR) is 175 cm³/mol. The fraction of sp³-hybridized carbons (Fsp3) is 0.333. The minimum Gasteiger partial charge on any atom is -0.496 e. The van der Waals surface area contributed by atoms with Gasteiger partial charge in [0.2, 0.25) is 5.95 Å². The Morgan fingerprint density at radius 1 is 0.942 bits per heavy atom. The molecule has 0 saturated carbocycles. The van der Waals surface area contributed by atoms with Crippen molar-refractivity contribution >= 4 is 18.0 Å². The lowest BCUT2D eigenvalue weighted by Crippen LogP contribution is -2.38. The number of ether oxygens (including phenoxy) is 3. The number of cyclic esters (lactones) is 1. The summed E-state index contributed by atoms with van der Waals surface area (Å²) >= 11 is 0. The fourth-order valence-electron chi connectivity index (χ4n) is 6.34. The topological polar surface area (TPSA) is 114 Å². The average molecular weight is 731 g/mol. The van der Waals surface area contributed by atoms with E-state index in [9.17, 15) is 41.0 Å². The molecule has 1 N–H and O–H groups in total. The number of morpholine rings is 1. The van der Waals surface area contributed by atoms with Gasteiger partial charge in [-0.15, -0.1) is 0 Å². The highest BCUT2D eigenvalue weighted by molar-refractivity contribution is 5.89. The zero-order valence-corrected chi connectivity index (χ0v) is 28.0. The highest BCUT2D eigenvalue weighted by Crippen LogP contribution is 2.42. The minimum absolute atomic E-state index is 0.0204. The summed E-state index contributed by atoms with van der Waals surface area (Å²) < 4.78 is 98.7. The Morgan fingerprint density at radius 3 is 2.21 bits per heavy atom. The number of benzene rings is 3. The molecule has 2 aliphatic heterocycles. The quantitative estimate of drug-likeness (QED) is 0.182. The summed E-state index contributed by atoms with van der Waals surface area (Å²) in [6, 6.07) is 10.1. The van der Waals surface area contributed by atoms with Gasteiger partial charge in [0.1, 0.15) is 11.9 Å². The second-order valence-electron chi connectivity index (χ2n) is 12.4. The van der Waals surface area contributed by atoms with Crippen molar-refractivity contribution in [1.29, 1.82) is 0 Å². The van der Waals surface area contributed by atoms with Crippen LogP contribution in [0.4, 0.5) is 37.1 Å². The van der Waals surface area contributed by atoms with E-state index in [4.69, 9.17) is 19.2 Å². The molecule has 0 spiro atoms. The maximum atomic E-state index is 13.7. The number of rotatable bonds is 8. The number of anilines is 1. The molecule has 2 aliphatic rings. The number of aromatic nitrogens is 2. The van der Waals surface area contributed by atoms with Crippen LogP contribution in [0, 0.1) is 6.92 Å². The van der Waals surface area contributed by atoms with Crippen molar-refractivity contribution in [3.8, 4) is 28.0 Å². The highest BCUT2D eigenvalue weighted by Gasteiger charge is 2.43. The molecule has 274 valence electrons. The van der Waals surface area contributed by atoms with Gasteiger partial charge in [-0.25, -0.2) is 19.6 Å². The number of carbonyl (C=O) groups excluding carboxylic acids is 1. The maximum Gasteiger partial charge on any atom is 0.416 e. The number of aryl methyl sites for hydroxylation is 1. The molecule has 3 heterocycles. The molecule has 1 amide bonds. The first-order valence-corrected chi connectivity index (χ1v) is 16.0. The number of hydrogen-bond donors (Lipinski definition) is 1. The van der Waals surface area contributed by atoms with Crippen molar-refractivity contribution < 1.29 is 55.2 Å². The summed E-state index contributed by atoms with van der Waals surface area (Å²) in [7, 11) is 1.46. The van der Waals surface area contributed by atoms with Gasteiger partial charge in [-0.2, -0.15) is 26.3 Å². The summed E-state index contributed by atoms with van der Waals surface area (Å²) in [5.74, 6) is -0.342. The van der Waals surface area contributed by atoms with E-state index in [2.05, 4.69) is 4.98 Å². The first kappa shape index (κ1) is 36.4. The van der Waals surface area contributed by atoms with Crippen molar-refractivity contribution in [2.45, 2.75) is 44.9 Å². The van der Waals surface area contributed by atoms with Crippen molar-refractivity contribution in [3.05, 3.63) is 94.3 Å². The van der Waals surface area contributed by atoms with Crippen LogP contribution >= 0.6 is 0 Å². The number of carboxylic acid groups (broad SMARTS) is 1. The van der Waals surface area contributed by atoms with Gasteiger partial charge >= 0.3 is 24.4 Å². The first-order chi connectivity index (χ1) is 24.5. The van der Waals surface area contributed by atoms with Crippen LogP contribution in [-0.4, -0.2) is 71.5 Å². The van der Waals surface area contributed by atoms with Crippen molar-refractivity contribution in [2.75, 3.05) is 38.3 Å². The van der Waals surface area contributed by atoms with E-state index >= 15 is 0 Å². The lowest BCUT2D eigenvalue weighted by atomic mass is 9.94. The Hall–Kier alpha value is -5.38. The SMILES string of the molecule is COc1ccc(-c2ccc(C(=O)O)cc2C)cc1-c1cnc(N2CCOCC2)nc1CN1C(=O)O[C@H](c2cc(C(F)(F)F)cc(C(F)(F)F)c2)C1C. The van der Waals surface area contributed by atoms with Gasteiger partial charge in [0.05, 0.1) is 55.3 Å². The predicted octanol–water partition coefficient (Wildman–Crippen LogP) is 7.78. The van der Waals surface area contributed by atoms with Crippen LogP contribution in [0.15, 0.2) is 60.8 Å². The Bertz CT molecular complexity index is 1980. The van der Waals surface area contributed by atoms with Crippen LogP contribution in [0.3, 0.4) is 0 Å². The molecule has 2 atom stereocenters. The Balaban J connectivity index is 1.42. The van der Waals surface area contributed by atoms with E-state index in [0.717, 1.165) is 5.56 Å². The molecular formula is C36H32F6N4O6. The van der Waals surface area contributed by atoms with Crippen LogP contribution < -0.4 is 9.64 Å². The fourth-order valence-corrected chi connectivity index (χ4v) is 6.34. The Morgan fingerprint density at radius 2 is 1.62 bits per heavy atom. The van der Waals surface area contributed by atoms with Crippen molar-refractivity contribution in [2.24, 2.45) is 0 Å². The second-order valence-corrected chi connectivity index (χ2v) is 12.4. The third-order valence-electron chi connectivity index (χ3n) is 9.07. The highest BCUT2D eigenvalue weighted by atomic mass is 19.4. The summed E-state index contributed by atoms with van der Waals surface area (Å²) in [4.78, 5) is 37.4. The van der Waals surface area contributed by atoms with E-state index in [1.165, 1.54) is 25.0 Å². The molecule has 16 heteroatoms. The standard InChI is InChI=1S/C36H32F6N4O6/c1-19-12-22(32(47)48)4-6-26(19)21-5-7-30(50-3)27(15-21)28-17-43-33(45-8-10-51-11-9-45)44-29(28)18-46-20(2)31(52-34(46)49)23-13-24(35(37,38)39)16-25(14-23)36(40,41)42/h4-7,12-17,20,31H,8-11,18H2,1-3H3,(H,47,48)/t20?,31-/m0/s1. The number of carboxylic acids is 1. The molecule has 3 aromatic carbocycles. The number of hydrogen-bond acceptors (Lipinski definition) is 8. The van der Waals surface area contributed by atoms with Gasteiger partial charge in [-0.05, 0) is 78.6 Å². The van der Waals surface area contributed by atoms with Gasteiger partial charge in [0, 0.05) is 30.4 Å². The van der Waals surface area contributed by atoms with Gasteiger partial charge in [-0.1, -0.05) is 12.1 Å². The summed E-state index contributed by atoms with van der Waals surface area (Å²) in [5.41, 5.74) is -0.0125. The third kappa shape index (κ3) is 7.33. The van der Waals surface area contributed by atoms with E-state index in [0.29, 0.717) is 78.1 Å². The van der Waals surface area contributed by atoms with E-state index in [-0.39, 0.29) is 18.2 Å². The lowest BCUT2D eigenvalue weighted by molar-refractivity contribution is -0.143. The minimum atomic E-state index is -5.09. The van der Waals surface area contributed by atoms with Gasteiger partial charge in [0.15, 0.2) is 0 Å². The molecule has 52 heavy (non-hydrogen) atoms. The zero-order chi connectivity index (χ0) is 37.5. The summed E-state index contributed by atoms with van der Waals surface area (Å²) in [5, 5.41) is 9.44. The maximum absolute atomic E-state index is 13.7. The number of carbonyl (C=O) groups is 2. The first-order valence-electron chi connectivity index (χ1n) is 16.0. The molecule has 0 aliphatic carbocycles. The average Bonchev–Trinajstić information content (AvgIpc) is 3.39. The number of halogens is 6. The van der Waals surface area contributed by atoms with Crippen molar-refractivity contribution in [3.63, 3.8) is 0 Å². The van der Waals surface area contributed by atoms with Crippen LogP contribution in [-0.2, 0) is 28.4 Å². The monoisotopic (exact) mass is 730 g/mol. The van der Waals surface area contributed by atoms with Crippen LogP contribution in [0.5, 0.6) is 5.75 Å². The van der Waals surface area contributed by atoms with E-state index in [1.54, 1.807) is 43.5 Å². The molecule has 0 radical (unpaired) electrons. The van der Waals surface area contributed by atoms with Gasteiger partial charge in [-0.3, -0.25) is 4.90 Å². The molecular weight excluding hydrogens is 698 g/mol. The van der Waals surface area contributed by atoms with Gasteiger partial charge < -0.3 is 24.2 Å². The molecule has 6 rings (SSSR count). The molecule has 1 unspecified atom stereocenters. The smallest absolute Gasteiger partial charge is 0.416 e. The largest absolute Gasteiger partial charge is 0.496 e. The number of methoxy groups -OCH3 is 1. The van der Waals surface area contributed by atoms with Crippen LogP contribution in [0.2, 0.25) is 0 Å². The summed E-state index contributed by atoms with van der Waals surface area (Å²) in [6.07, 6.45) is -11.0. The summed E-state index contributed by atoms with van der Waals surface area (Å²) in [6.45, 7) is 4.79. The number of aromatic carboxylic acids is 1. The second kappa shape index (κ2) is 14.0. The van der Waals surface area contributed by atoms with E-state index in [1.807, 2.05) is 4.90 Å². The Kier molecular flexibility index (Phi) is 9.79. The number of nitrogens with zero attached hydrogens (tertiary/aromatic N) is 4. The lowest BCUT2D eigenvalue weighted by Gasteiger charge is -2.28. The molecule has 4 aromatic rings. The van der Waals surface area contributed by atoms with E-state index < -0.39 is 53.3 Å². The van der Waals surface area contributed by atoms with Crippen LogP contribution in [0.25, 0.3) is 22.3 Å². The Labute approximate surface area is 293 Å². The normalized spacial score (nSPS) is 18.1. The molecule has 1 aromatic heterocycles. The molecule has 0 bridgehead atoms. The third-order valence-corrected chi connectivity index (χ3v) is 9.07. The van der Waals surface area contributed by atoms with Crippen molar-refractivity contribution in [1.82, 2.24) is 14.9 Å². The molecule has 2 saturated heterocycles. The number of amides is 1. The zero-order valence-electron chi connectivity index (χ0n) is 28.0. The number of alkyl halides is 6. The molecule has 2 fully saturated rings. The molecule has 10 nitrogen and oxygen atoms in total. The van der Waals surface area contributed by atoms with Gasteiger partial charge in [0.25, 0.3) is 0 Å². The van der Waals surface area contributed by atoms with Crippen LogP contribution in [0.1, 0.15) is 51.3 Å².